The first-order valence-corrected chi connectivity index (χ1v) is 6.91. The summed E-state index contributed by atoms with van der Waals surface area (Å²) in [5, 5.41) is 12.8. The number of para-hydroxylation sites is 2. The van der Waals surface area contributed by atoms with Crippen LogP contribution in [-0.2, 0) is 11.3 Å². The van der Waals surface area contributed by atoms with Crippen molar-refractivity contribution in [2.45, 2.75) is 38.8 Å². The monoisotopic (exact) mass is 275 g/mol. The van der Waals surface area contributed by atoms with Crippen molar-refractivity contribution >= 4 is 16.9 Å². The molecule has 0 aliphatic rings. The van der Waals surface area contributed by atoms with E-state index in [0.29, 0.717) is 6.42 Å². The minimum absolute atomic E-state index is 0.121. The number of carbonyl (C=O) groups excluding carboxylic acids is 1. The molecule has 0 aliphatic carbocycles. The van der Waals surface area contributed by atoms with Gasteiger partial charge in [0.05, 0.1) is 23.0 Å². The third-order valence-electron chi connectivity index (χ3n) is 3.30. The topological polar surface area (TPSA) is 67.2 Å². The van der Waals surface area contributed by atoms with Gasteiger partial charge in [0.25, 0.3) is 0 Å². The van der Waals surface area contributed by atoms with Crippen LogP contribution in [0.1, 0.15) is 26.7 Å². The van der Waals surface area contributed by atoms with Crippen molar-refractivity contribution < 1.29 is 9.90 Å². The van der Waals surface area contributed by atoms with Crippen LogP contribution in [0.25, 0.3) is 11.0 Å². The predicted octanol–water partition coefficient (Wildman–Crippen LogP) is 1.70. The number of hydrogen-bond acceptors (Lipinski definition) is 3. The number of imidazole rings is 1. The second-order valence-electron chi connectivity index (χ2n) is 5.38. The van der Waals surface area contributed by atoms with Crippen molar-refractivity contribution in [2.24, 2.45) is 0 Å². The highest BCUT2D eigenvalue weighted by Gasteiger charge is 2.19. The summed E-state index contributed by atoms with van der Waals surface area (Å²) in [6.45, 7) is 4.23. The third-order valence-corrected chi connectivity index (χ3v) is 3.30. The SMILES string of the molecule is CCCC(C)(O)CNC(=O)Cn1cnc2ccccc21. The van der Waals surface area contributed by atoms with E-state index in [4.69, 9.17) is 0 Å². The first kappa shape index (κ1) is 14.5. The molecule has 1 atom stereocenters. The maximum Gasteiger partial charge on any atom is 0.240 e. The van der Waals surface area contributed by atoms with Gasteiger partial charge in [0.15, 0.2) is 0 Å². The number of hydrogen-bond donors (Lipinski definition) is 2. The second kappa shape index (κ2) is 6.05. The lowest BCUT2D eigenvalue weighted by molar-refractivity contribution is -0.122. The Labute approximate surface area is 118 Å². The van der Waals surface area contributed by atoms with E-state index in [1.54, 1.807) is 17.8 Å². The standard InChI is InChI=1S/C15H21N3O2/c1-3-8-15(2,20)10-16-14(19)9-18-11-17-12-6-4-5-7-13(12)18/h4-7,11,20H,3,8-10H2,1-2H3,(H,16,19). The van der Waals surface area contributed by atoms with Gasteiger partial charge < -0.3 is 15.0 Å². The van der Waals surface area contributed by atoms with Gasteiger partial charge in [0.2, 0.25) is 5.91 Å². The lowest BCUT2D eigenvalue weighted by atomic mass is 10.0. The summed E-state index contributed by atoms with van der Waals surface area (Å²) >= 11 is 0. The number of carbonyl (C=O) groups is 1. The highest BCUT2D eigenvalue weighted by atomic mass is 16.3. The number of rotatable bonds is 6. The maximum atomic E-state index is 11.9. The summed E-state index contributed by atoms with van der Waals surface area (Å²) in [6.07, 6.45) is 3.21. The highest BCUT2D eigenvalue weighted by molar-refractivity contribution is 5.80. The normalized spacial score (nSPS) is 14.2. The predicted molar refractivity (Wildman–Crippen MR) is 78.3 cm³/mol. The summed E-state index contributed by atoms with van der Waals surface area (Å²) < 4.78 is 1.80. The van der Waals surface area contributed by atoms with Crippen LogP contribution >= 0.6 is 0 Å². The molecule has 0 saturated heterocycles. The molecule has 20 heavy (non-hydrogen) atoms. The van der Waals surface area contributed by atoms with Crippen molar-refractivity contribution in [1.82, 2.24) is 14.9 Å². The number of fused-ring (bicyclic) bond motifs is 1. The Bertz CT molecular complexity index is 590. The molecule has 0 saturated carbocycles. The van der Waals surface area contributed by atoms with Crippen molar-refractivity contribution in [3.63, 3.8) is 0 Å². The molecule has 0 fully saturated rings. The Morgan fingerprint density at radius 1 is 1.45 bits per heavy atom. The molecule has 1 aromatic carbocycles. The molecule has 0 spiro atoms. The number of nitrogens with zero attached hydrogens (tertiary/aromatic N) is 2. The van der Waals surface area contributed by atoms with Crippen LogP contribution in [0.3, 0.4) is 0 Å². The van der Waals surface area contributed by atoms with E-state index in [-0.39, 0.29) is 19.0 Å². The van der Waals surface area contributed by atoms with E-state index in [1.807, 2.05) is 31.2 Å². The molecule has 2 N–H and O–H groups in total. The van der Waals surface area contributed by atoms with E-state index >= 15 is 0 Å². The summed E-state index contributed by atoms with van der Waals surface area (Å²) in [5.41, 5.74) is 0.961. The molecule has 1 unspecified atom stereocenters. The summed E-state index contributed by atoms with van der Waals surface area (Å²) in [6, 6.07) is 7.69. The Kier molecular flexibility index (Phi) is 4.39. The Morgan fingerprint density at radius 3 is 2.95 bits per heavy atom. The average Bonchev–Trinajstić information content (AvgIpc) is 2.80. The van der Waals surface area contributed by atoms with Crippen molar-refractivity contribution in [3.05, 3.63) is 30.6 Å². The maximum absolute atomic E-state index is 11.9. The Hall–Kier alpha value is -1.88. The zero-order chi connectivity index (χ0) is 14.6. The molecule has 0 aliphatic heterocycles. The Balaban J connectivity index is 1.95. The minimum Gasteiger partial charge on any atom is -0.388 e. The van der Waals surface area contributed by atoms with Crippen LogP contribution in [0.5, 0.6) is 0 Å². The quantitative estimate of drug-likeness (QED) is 0.843. The molecule has 1 amide bonds. The highest BCUT2D eigenvalue weighted by Crippen LogP contribution is 2.12. The zero-order valence-electron chi connectivity index (χ0n) is 12.0. The van der Waals surface area contributed by atoms with Crippen molar-refractivity contribution in [1.29, 1.82) is 0 Å². The fourth-order valence-corrected chi connectivity index (χ4v) is 2.26. The minimum atomic E-state index is -0.846. The van der Waals surface area contributed by atoms with Crippen LogP contribution in [0.4, 0.5) is 0 Å². The summed E-state index contributed by atoms with van der Waals surface area (Å²) in [4.78, 5) is 16.2. The molecule has 0 radical (unpaired) electrons. The van der Waals surface area contributed by atoms with Crippen LogP contribution < -0.4 is 5.32 Å². The van der Waals surface area contributed by atoms with Gasteiger partial charge >= 0.3 is 0 Å². The zero-order valence-corrected chi connectivity index (χ0v) is 12.0. The van der Waals surface area contributed by atoms with E-state index in [0.717, 1.165) is 17.5 Å². The van der Waals surface area contributed by atoms with Crippen LogP contribution in [-0.4, -0.2) is 32.7 Å². The molecule has 2 aromatic rings. The number of aliphatic hydroxyl groups is 1. The molecule has 5 nitrogen and oxygen atoms in total. The molecule has 0 bridgehead atoms. The van der Waals surface area contributed by atoms with E-state index in [1.165, 1.54) is 0 Å². The fourth-order valence-electron chi connectivity index (χ4n) is 2.26. The molecule has 5 heteroatoms. The lowest BCUT2D eigenvalue weighted by Crippen LogP contribution is -2.41. The molecule has 1 heterocycles. The average molecular weight is 275 g/mol. The van der Waals surface area contributed by atoms with Gasteiger partial charge in [-0.25, -0.2) is 4.98 Å². The largest absolute Gasteiger partial charge is 0.388 e. The first-order chi connectivity index (χ1) is 9.52. The van der Waals surface area contributed by atoms with E-state index in [9.17, 15) is 9.90 Å². The number of nitrogens with one attached hydrogen (secondary N) is 1. The Morgan fingerprint density at radius 2 is 2.20 bits per heavy atom. The van der Waals surface area contributed by atoms with Gasteiger partial charge in [0, 0.05) is 6.54 Å². The van der Waals surface area contributed by atoms with Gasteiger partial charge in [-0.1, -0.05) is 25.5 Å². The summed E-state index contributed by atoms with van der Waals surface area (Å²) in [5.74, 6) is -0.121. The number of aromatic nitrogens is 2. The summed E-state index contributed by atoms with van der Waals surface area (Å²) in [7, 11) is 0. The second-order valence-corrected chi connectivity index (χ2v) is 5.38. The van der Waals surface area contributed by atoms with E-state index < -0.39 is 5.60 Å². The smallest absolute Gasteiger partial charge is 0.240 e. The number of amides is 1. The third kappa shape index (κ3) is 3.57. The molecule has 2 rings (SSSR count). The van der Waals surface area contributed by atoms with Crippen LogP contribution in [0.15, 0.2) is 30.6 Å². The van der Waals surface area contributed by atoms with Crippen LogP contribution in [0, 0.1) is 0 Å². The fraction of sp³-hybridized carbons (Fsp3) is 0.467. The lowest BCUT2D eigenvalue weighted by Gasteiger charge is -2.22. The molecule has 1 aromatic heterocycles. The van der Waals surface area contributed by atoms with Crippen molar-refractivity contribution in [2.75, 3.05) is 6.54 Å². The van der Waals surface area contributed by atoms with Gasteiger partial charge in [-0.05, 0) is 25.5 Å². The molecular weight excluding hydrogens is 254 g/mol. The van der Waals surface area contributed by atoms with Gasteiger partial charge in [-0.3, -0.25) is 4.79 Å². The van der Waals surface area contributed by atoms with Gasteiger partial charge in [0.1, 0.15) is 6.54 Å². The van der Waals surface area contributed by atoms with E-state index in [2.05, 4.69) is 10.3 Å². The molecule has 108 valence electrons. The first-order valence-electron chi connectivity index (χ1n) is 6.91. The number of benzene rings is 1. The van der Waals surface area contributed by atoms with Crippen molar-refractivity contribution in [3.8, 4) is 0 Å². The molecular formula is C15H21N3O2. The van der Waals surface area contributed by atoms with Crippen LogP contribution in [0.2, 0.25) is 0 Å². The van der Waals surface area contributed by atoms with Gasteiger partial charge in [-0.2, -0.15) is 0 Å². The van der Waals surface area contributed by atoms with Gasteiger partial charge in [-0.15, -0.1) is 0 Å².